The Bertz CT molecular complexity index is 2060. The Kier molecular flexibility index (Phi) is 6.39. The van der Waals surface area contributed by atoms with Crippen molar-refractivity contribution in [2.75, 3.05) is 0 Å². The molecular formula is C42H40O2Si. The molecule has 0 saturated heterocycles. The molecule has 8 rings (SSSR count). The number of hydrogen-bond acceptors (Lipinski definition) is 2. The Balaban J connectivity index is 1.44. The highest BCUT2D eigenvalue weighted by atomic mass is 28.4. The van der Waals surface area contributed by atoms with Crippen LogP contribution < -0.4 is 4.74 Å². The van der Waals surface area contributed by atoms with Gasteiger partial charge in [-0.25, -0.2) is 0 Å². The lowest BCUT2D eigenvalue weighted by molar-refractivity contribution is 0.152. The first-order valence-electron chi connectivity index (χ1n) is 16.3. The second-order valence-electron chi connectivity index (χ2n) is 14.4. The zero-order chi connectivity index (χ0) is 31.0. The molecule has 0 radical (unpaired) electrons. The quantitative estimate of drug-likeness (QED) is 0.186. The zero-order valence-corrected chi connectivity index (χ0v) is 27.9. The van der Waals surface area contributed by atoms with Gasteiger partial charge >= 0.3 is 0 Å². The van der Waals surface area contributed by atoms with Crippen molar-refractivity contribution in [1.82, 2.24) is 0 Å². The Morgan fingerprint density at radius 2 is 1.22 bits per heavy atom. The number of ether oxygens (including phenoxy) is 1. The highest BCUT2D eigenvalue weighted by Gasteiger charge is 2.46. The van der Waals surface area contributed by atoms with Crippen molar-refractivity contribution in [3.05, 3.63) is 144 Å². The fourth-order valence-electron chi connectivity index (χ4n) is 7.34. The first-order valence-corrected chi connectivity index (χ1v) is 19.2. The van der Waals surface area contributed by atoms with Crippen LogP contribution in [0.2, 0.25) is 18.1 Å². The van der Waals surface area contributed by atoms with Crippen molar-refractivity contribution >= 4 is 46.2 Å². The van der Waals surface area contributed by atoms with Crippen molar-refractivity contribution in [3.63, 3.8) is 0 Å². The van der Waals surface area contributed by atoms with Gasteiger partial charge in [0.25, 0.3) is 0 Å². The van der Waals surface area contributed by atoms with Gasteiger partial charge in [-0.05, 0) is 81.2 Å². The third kappa shape index (κ3) is 4.40. The molecule has 1 unspecified atom stereocenters. The predicted octanol–water partition coefficient (Wildman–Crippen LogP) is 11.7. The minimum atomic E-state index is -2.01. The van der Waals surface area contributed by atoms with Gasteiger partial charge in [0.1, 0.15) is 5.75 Å². The van der Waals surface area contributed by atoms with Crippen LogP contribution in [-0.4, -0.2) is 8.32 Å². The average Bonchev–Trinajstić information content (AvgIpc) is 3.04. The number of hydrogen-bond donors (Lipinski definition) is 0. The van der Waals surface area contributed by atoms with E-state index < -0.39 is 13.9 Å². The smallest absolute Gasteiger partial charge is 0.192 e. The minimum Gasteiger partial charge on any atom is -0.472 e. The summed E-state index contributed by atoms with van der Waals surface area (Å²) in [6, 6.07) is 41.8. The molecule has 0 spiro atoms. The molecule has 6 aromatic rings. The molecule has 0 saturated carbocycles. The van der Waals surface area contributed by atoms with E-state index in [1.165, 1.54) is 54.8 Å². The van der Waals surface area contributed by atoms with Gasteiger partial charge in [-0.2, -0.15) is 0 Å². The second kappa shape index (κ2) is 10.2. The lowest BCUT2D eigenvalue weighted by Gasteiger charge is -2.45. The Labute approximate surface area is 267 Å². The van der Waals surface area contributed by atoms with E-state index in [0.717, 1.165) is 24.0 Å². The molecule has 2 aliphatic rings. The van der Waals surface area contributed by atoms with Crippen molar-refractivity contribution in [2.45, 2.75) is 63.5 Å². The fraction of sp³-hybridized carbons (Fsp3) is 0.238. The predicted molar refractivity (Wildman–Crippen MR) is 191 cm³/mol. The molecule has 1 heterocycles. The van der Waals surface area contributed by atoms with Crippen LogP contribution in [-0.2, 0) is 10.0 Å². The zero-order valence-electron chi connectivity index (χ0n) is 26.9. The van der Waals surface area contributed by atoms with E-state index in [1.807, 2.05) is 0 Å². The van der Waals surface area contributed by atoms with Crippen molar-refractivity contribution in [2.24, 2.45) is 0 Å². The molecule has 3 heteroatoms. The van der Waals surface area contributed by atoms with Gasteiger partial charge in [0.15, 0.2) is 13.9 Å². The van der Waals surface area contributed by atoms with Gasteiger partial charge < -0.3 is 9.16 Å². The maximum absolute atomic E-state index is 7.69. The molecule has 0 aromatic heterocycles. The SMILES string of the molecule is CC(C)(C)[Si](C)(C)OC1CCC2=CC(c3cccc4ccccc34)(c3cccc4ccccc34)Oc3c2c1cc1ccccc31. The molecule has 1 atom stereocenters. The maximum atomic E-state index is 7.69. The Morgan fingerprint density at radius 1 is 0.689 bits per heavy atom. The number of benzene rings is 6. The Morgan fingerprint density at radius 3 is 1.82 bits per heavy atom. The molecule has 2 nitrogen and oxygen atoms in total. The molecule has 0 fully saturated rings. The molecule has 1 aliphatic heterocycles. The molecule has 0 bridgehead atoms. The summed E-state index contributed by atoms with van der Waals surface area (Å²) in [5.74, 6) is 0.977. The first-order chi connectivity index (χ1) is 21.7. The van der Waals surface area contributed by atoms with E-state index in [4.69, 9.17) is 9.16 Å². The lowest BCUT2D eigenvalue weighted by Crippen LogP contribution is -2.42. The third-order valence-electron chi connectivity index (χ3n) is 10.6. The molecule has 1 aliphatic carbocycles. The summed E-state index contributed by atoms with van der Waals surface area (Å²) in [4.78, 5) is 0. The van der Waals surface area contributed by atoms with Crippen LogP contribution in [0.1, 0.15) is 62.0 Å². The summed E-state index contributed by atoms with van der Waals surface area (Å²) in [5.41, 5.74) is 5.38. The van der Waals surface area contributed by atoms with E-state index in [0.29, 0.717) is 0 Å². The first kappa shape index (κ1) is 28.3. The average molecular weight is 605 g/mol. The van der Waals surface area contributed by atoms with Crippen LogP contribution in [0.5, 0.6) is 5.75 Å². The van der Waals surface area contributed by atoms with Gasteiger partial charge in [0, 0.05) is 22.1 Å². The summed E-state index contributed by atoms with van der Waals surface area (Å²) in [7, 11) is -2.01. The molecule has 6 aromatic carbocycles. The van der Waals surface area contributed by atoms with Crippen molar-refractivity contribution in [1.29, 1.82) is 0 Å². The van der Waals surface area contributed by atoms with Gasteiger partial charge in [0.05, 0.1) is 6.10 Å². The summed E-state index contributed by atoms with van der Waals surface area (Å²) in [5, 5.41) is 7.34. The van der Waals surface area contributed by atoms with Gasteiger partial charge in [-0.15, -0.1) is 0 Å². The van der Waals surface area contributed by atoms with Crippen LogP contribution in [0.4, 0.5) is 0 Å². The summed E-state index contributed by atoms with van der Waals surface area (Å²) in [6.45, 7) is 11.7. The minimum absolute atomic E-state index is 0.0487. The van der Waals surface area contributed by atoms with Gasteiger partial charge in [0.2, 0.25) is 0 Å². The van der Waals surface area contributed by atoms with E-state index in [2.05, 4.69) is 155 Å². The second-order valence-corrected chi connectivity index (χ2v) is 19.1. The molecule has 0 amide bonds. The Hall–Kier alpha value is -4.18. The monoisotopic (exact) mass is 604 g/mol. The number of fused-ring (bicyclic) bond motifs is 4. The molecule has 45 heavy (non-hydrogen) atoms. The fourth-order valence-corrected chi connectivity index (χ4v) is 8.65. The largest absolute Gasteiger partial charge is 0.472 e. The molecular weight excluding hydrogens is 565 g/mol. The van der Waals surface area contributed by atoms with E-state index >= 15 is 0 Å². The van der Waals surface area contributed by atoms with Gasteiger partial charge in [-0.3, -0.25) is 0 Å². The maximum Gasteiger partial charge on any atom is 0.192 e. The standard InChI is InChI=1S/C42H40O2Si/c1-41(2,3)45(4,5)44-38-25-24-31-27-42(36-22-12-17-28-14-6-9-19-32(28)36,37-23-13-18-29-15-7-10-20-33(29)37)43-40-34-21-11-8-16-30(34)26-35(38)39(31)40/h6-23,26-27,38H,24-25H2,1-5H3. The number of rotatable bonds is 4. The topological polar surface area (TPSA) is 18.5 Å². The van der Waals surface area contributed by atoms with E-state index in [9.17, 15) is 0 Å². The third-order valence-corrected chi connectivity index (χ3v) is 15.1. The van der Waals surface area contributed by atoms with Crippen LogP contribution >= 0.6 is 0 Å². The van der Waals surface area contributed by atoms with E-state index in [-0.39, 0.29) is 11.1 Å². The van der Waals surface area contributed by atoms with E-state index in [1.54, 1.807) is 0 Å². The normalized spacial score (nSPS) is 17.6. The highest BCUT2D eigenvalue weighted by molar-refractivity contribution is 6.74. The van der Waals surface area contributed by atoms with Crippen LogP contribution in [0.25, 0.3) is 37.9 Å². The van der Waals surface area contributed by atoms with Crippen molar-refractivity contribution < 1.29 is 9.16 Å². The summed E-state index contributed by atoms with van der Waals surface area (Å²) < 4.78 is 14.9. The molecule has 224 valence electrons. The van der Waals surface area contributed by atoms with Gasteiger partial charge in [-0.1, -0.05) is 130 Å². The number of allylic oxidation sites excluding steroid dienone is 1. The molecule has 0 N–H and O–H groups in total. The highest BCUT2D eigenvalue weighted by Crippen LogP contribution is 2.56. The van der Waals surface area contributed by atoms with Crippen LogP contribution in [0.15, 0.2) is 121 Å². The van der Waals surface area contributed by atoms with Crippen molar-refractivity contribution in [3.8, 4) is 5.75 Å². The summed E-state index contributed by atoms with van der Waals surface area (Å²) in [6.07, 6.45) is 4.41. The van der Waals surface area contributed by atoms with Crippen LogP contribution in [0, 0.1) is 0 Å². The summed E-state index contributed by atoms with van der Waals surface area (Å²) >= 11 is 0. The lowest BCUT2D eigenvalue weighted by atomic mass is 9.74. The van der Waals surface area contributed by atoms with Crippen LogP contribution in [0.3, 0.4) is 0 Å².